The van der Waals surface area contributed by atoms with Crippen LogP contribution < -0.4 is 10.9 Å². The SMILES string of the molecule is C[C@@H](Nc1nc2cc[nH]c(=O)c2c2cc(Br)ccc12)C(C)(C)C. The van der Waals surface area contributed by atoms with Crippen LogP contribution in [0.3, 0.4) is 0 Å². The van der Waals surface area contributed by atoms with Crippen LogP contribution in [0.2, 0.25) is 0 Å². The lowest BCUT2D eigenvalue weighted by molar-refractivity contribution is 0.359. The minimum Gasteiger partial charge on any atom is -0.367 e. The molecule has 1 aromatic carbocycles. The van der Waals surface area contributed by atoms with Crippen molar-refractivity contribution in [3.8, 4) is 0 Å². The number of benzene rings is 1. The maximum Gasteiger partial charge on any atom is 0.258 e. The van der Waals surface area contributed by atoms with Crippen molar-refractivity contribution in [2.45, 2.75) is 33.7 Å². The Labute approximate surface area is 143 Å². The smallest absolute Gasteiger partial charge is 0.258 e. The number of nitrogens with zero attached hydrogens (tertiary/aromatic N) is 1. The fourth-order valence-electron chi connectivity index (χ4n) is 2.46. The number of fused-ring (bicyclic) bond motifs is 3. The first kappa shape index (κ1) is 16.0. The highest BCUT2D eigenvalue weighted by Gasteiger charge is 2.21. The number of aromatic nitrogens is 2. The quantitative estimate of drug-likeness (QED) is 0.640. The molecule has 2 aromatic heterocycles. The molecule has 0 saturated carbocycles. The summed E-state index contributed by atoms with van der Waals surface area (Å²) in [5.74, 6) is 0.813. The van der Waals surface area contributed by atoms with Gasteiger partial charge in [-0.2, -0.15) is 0 Å². The van der Waals surface area contributed by atoms with Crippen molar-refractivity contribution in [1.29, 1.82) is 0 Å². The highest BCUT2D eigenvalue weighted by Crippen LogP contribution is 2.31. The molecule has 120 valence electrons. The van der Waals surface area contributed by atoms with Crippen LogP contribution in [0.5, 0.6) is 0 Å². The number of halogens is 1. The fraction of sp³-hybridized carbons (Fsp3) is 0.333. The average molecular weight is 374 g/mol. The molecule has 2 N–H and O–H groups in total. The van der Waals surface area contributed by atoms with E-state index in [4.69, 9.17) is 4.98 Å². The Kier molecular flexibility index (Phi) is 3.92. The van der Waals surface area contributed by atoms with E-state index in [2.05, 4.69) is 53.9 Å². The van der Waals surface area contributed by atoms with Crippen LogP contribution in [0.15, 0.2) is 39.7 Å². The lowest BCUT2D eigenvalue weighted by atomic mass is 9.88. The largest absolute Gasteiger partial charge is 0.367 e. The van der Waals surface area contributed by atoms with Crippen molar-refractivity contribution in [1.82, 2.24) is 9.97 Å². The highest BCUT2D eigenvalue weighted by atomic mass is 79.9. The van der Waals surface area contributed by atoms with Gasteiger partial charge in [0.25, 0.3) is 5.56 Å². The summed E-state index contributed by atoms with van der Waals surface area (Å²) in [6.07, 6.45) is 1.64. The summed E-state index contributed by atoms with van der Waals surface area (Å²) in [4.78, 5) is 19.7. The first-order chi connectivity index (χ1) is 10.8. The third kappa shape index (κ3) is 2.98. The topological polar surface area (TPSA) is 57.8 Å². The van der Waals surface area contributed by atoms with Gasteiger partial charge >= 0.3 is 0 Å². The zero-order chi connectivity index (χ0) is 16.8. The normalized spacial score (nSPS) is 13.4. The number of hydrogen-bond donors (Lipinski definition) is 2. The predicted molar refractivity (Wildman–Crippen MR) is 100 cm³/mol. The van der Waals surface area contributed by atoms with Crippen molar-refractivity contribution < 1.29 is 0 Å². The monoisotopic (exact) mass is 373 g/mol. The molecule has 5 heteroatoms. The average Bonchev–Trinajstić information content (AvgIpc) is 2.45. The Bertz CT molecular complexity index is 941. The Balaban J connectivity index is 2.31. The number of aromatic amines is 1. The summed E-state index contributed by atoms with van der Waals surface area (Å²) >= 11 is 3.50. The lowest BCUT2D eigenvalue weighted by Gasteiger charge is -2.29. The van der Waals surface area contributed by atoms with E-state index in [-0.39, 0.29) is 17.0 Å². The third-order valence-corrected chi connectivity index (χ3v) is 4.82. The van der Waals surface area contributed by atoms with Crippen molar-refractivity contribution >= 4 is 43.4 Å². The summed E-state index contributed by atoms with van der Waals surface area (Å²) in [6.45, 7) is 8.72. The standard InChI is InChI=1S/C18H20BrN3O/c1-10(18(2,3)4)21-16-12-6-5-11(19)9-13(12)15-14(22-16)7-8-20-17(15)23/h5-10H,1-4H3,(H,20,23)(H,21,22)/t10-/m1/s1. The maximum atomic E-state index is 12.3. The first-order valence-corrected chi connectivity index (χ1v) is 8.44. The second kappa shape index (κ2) is 5.64. The van der Waals surface area contributed by atoms with Crippen molar-refractivity contribution in [3.63, 3.8) is 0 Å². The van der Waals surface area contributed by atoms with Gasteiger partial charge in [-0.3, -0.25) is 4.79 Å². The summed E-state index contributed by atoms with van der Waals surface area (Å²) < 4.78 is 0.940. The maximum absolute atomic E-state index is 12.3. The number of anilines is 1. The van der Waals surface area contributed by atoms with Gasteiger partial charge in [0.2, 0.25) is 0 Å². The molecule has 0 aliphatic rings. The van der Waals surface area contributed by atoms with Gasteiger partial charge in [0.15, 0.2) is 0 Å². The minimum absolute atomic E-state index is 0.104. The number of hydrogen-bond acceptors (Lipinski definition) is 3. The summed E-state index contributed by atoms with van der Waals surface area (Å²) in [6, 6.07) is 8.02. The van der Waals surface area contributed by atoms with Crippen molar-refractivity contribution in [2.75, 3.05) is 5.32 Å². The van der Waals surface area contributed by atoms with Crippen molar-refractivity contribution in [2.24, 2.45) is 5.41 Å². The Morgan fingerprint density at radius 1 is 1.22 bits per heavy atom. The van der Waals surface area contributed by atoms with Gasteiger partial charge in [-0.25, -0.2) is 4.98 Å². The van der Waals surface area contributed by atoms with Crippen LogP contribution in [0.1, 0.15) is 27.7 Å². The van der Waals surface area contributed by atoms with Gasteiger partial charge in [-0.05, 0) is 36.6 Å². The van der Waals surface area contributed by atoms with Crippen LogP contribution in [-0.4, -0.2) is 16.0 Å². The molecule has 0 amide bonds. The number of pyridine rings is 2. The molecule has 0 aliphatic heterocycles. The highest BCUT2D eigenvalue weighted by molar-refractivity contribution is 9.10. The van der Waals surface area contributed by atoms with Crippen molar-refractivity contribution in [3.05, 3.63) is 45.3 Å². The zero-order valence-electron chi connectivity index (χ0n) is 13.7. The summed E-state index contributed by atoms with van der Waals surface area (Å²) in [7, 11) is 0. The molecule has 1 atom stereocenters. The van der Waals surface area contributed by atoms with Gasteiger partial charge in [0.05, 0.1) is 10.9 Å². The molecule has 3 aromatic rings. The number of H-pyrrole nitrogens is 1. The Morgan fingerprint density at radius 3 is 2.65 bits per heavy atom. The van der Waals surface area contributed by atoms with Gasteiger partial charge in [-0.1, -0.05) is 36.7 Å². The molecule has 0 bridgehead atoms. The molecule has 0 saturated heterocycles. The summed E-state index contributed by atoms with van der Waals surface area (Å²) in [5.41, 5.74) is 0.684. The van der Waals surface area contributed by atoms with E-state index < -0.39 is 0 Å². The van der Waals surface area contributed by atoms with Crippen LogP contribution >= 0.6 is 15.9 Å². The van der Waals surface area contributed by atoms with Crippen LogP contribution in [-0.2, 0) is 0 Å². The molecule has 4 nitrogen and oxygen atoms in total. The molecule has 0 unspecified atom stereocenters. The molecule has 0 spiro atoms. The molecule has 0 aliphatic carbocycles. The minimum atomic E-state index is -0.117. The molecule has 0 radical (unpaired) electrons. The van der Waals surface area contributed by atoms with Crippen LogP contribution in [0.25, 0.3) is 21.7 Å². The molecule has 3 rings (SSSR count). The molecular formula is C18H20BrN3O. The molecule has 0 fully saturated rings. The van der Waals surface area contributed by atoms with E-state index >= 15 is 0 Å². The third-order valence-electron chi connectivity index (χ3n) is 4.33. The predicted octanol–water partition coefficient (Wildman–Crippen LogP) is 4.69. The van der Waals surface area contributed by atoms with Gasteiger partial charge < -0.3 is 10.3 Å². The van der Waals surface area contributed by atoms with Crippen LogP contribution in [0.4, 0.5) is 5.82 Å². The van der Waals surface area contributed by atoms with Gasteiger partial charge in [-0.15, -0.1) is 0 Å². The summed E-state index contributed by atoms with van der Waals surface area (Å²) in [5, 5.41) is 5.99. The zero-order valence-corrected chi connectivity index (χ0v) is 15.3. The van der Waals surface area contributed by atoms with E-state index in [1.165, 1.54) is 0 Å². The van der Waals surface area contributed by atoms with E-state index in [0.29, 0.717) is 10.9 Å². The van der Waals surface area contributed by atoms with E-state index in [1.54, 1.807) is 6.20 Å². The van der Waals surface area contributed by atoms with E-state index in [9.17, 15) is 4.79 Å². The first-order valence-electron chi connectivity index (χ1n) is 7.64. The van der Waals surface area contributed by atoms with E-state index in [0.717, 1.165) is 21.1 Å². The number of nitrogens with one attached hydrogen (secondary N) is 2. The van der Waals surface area contributed by atoms with Gasteiger partial charge in [0.1, 0.15) is 5.82 Å². The fourth-order valence-corrected chi connectivity index (χ4v) is 2.82. The Morgan fingerprint density at radius 2 is 1.96 bits per heavy atom. The van der Waals surface area contributed by atoms with E-state index in [1.807, 2.05) is 24.3 Å². The second-order valence-electron chi connectivity index (χ2n) is 6.95. The molecular weight excluding hydrogens is 354 g/mol. The number of rotatable bonds is 2. The molecule has 23 heavy (non-hydrogen) atoms. The lowest BCUT2D eigenvalue weighted by Crippen LogP contribution is -2.31. The van der Waals surface area contributed by atoms with Gasteiger partial charge in [0, 0.05) is 27.5 Å². The molecule has 2 heterocycles. The van der Waals surface area contributed by atoms with Crippen LogP contribution in [0, 0.1) is 5.41 Å². The Hall–Kier alpha value is -1.88. The second-order valence-corrected chi connectivity index (χ2v) is 7.87.